The van der Waals surface area contributed by atoms with Gasteiger partial charge in [0.15, 0.2) is 0 Å². The molecule has 1 aromatic rings. The van der Waals surface area contributed by atoms with Gasteiger partial charge in [-0.15, -0.1) is 0 Å². The summed E-state index contributed by atoms with van der Waals surface area (Å²) in [5, 5.41) is 19.1. The van der Waals surface area contributed by atoms with Crippen molar-refractivity contribution in [2.24, 2.45) is 11.8 Å². The highest BCUT2D eigenvalue weighted by Gasteiger charge is 2.26. The zero-order valence-electron chi connectivity index (χ0n) is 11.0. The number of rotatable bonds is 6. The van der Waals surface area contributed by atoms with Gasteiger partial charge in [0, 0.05) is 0 Å². The molecular weight excluding hydrogens is 232 g/mol. The summed E-state index contributed by atoms with van der Waals surface area (Å²) in [5.74, 6) is -1.09. The van der Waals surface area contributed by atoms with E-state index in [1.807, 2.05) is 6.92 Å². The van der Waals surface area contributed by atoms with Crippen molar-refractivity contribution in [2.75, 3.05) is 6.61 Å². The number of hydrogen-bond acceptors (Lipinski definition) is 3. The molecule has 2 N–H and O–H groups in total. The predicted octanol–water partition coefficient (Wildman–Crippen LogP) is 2.48. The van der Waals surface area contributed by atoms with Gasteiger partial charge in [-0.2, -0.15) is 0 Å². The molecule has 3 unspecified atom stereocenters. The molecule has 0 aromatic heterocycles. The van der Waals surface area contributed by atoms with Crippen molar-refractivity contribution < 1.29 is 19.7 Å². The Balaban J connectivity index is 2.77. The summed E-state index contributed by atoms with van der Waals surface area (Å²) in [6.07, 6.45) is -0.785. The average molecular weight is 252 g/mol. The minimum Gasteiger partial charge on any atom is -0.494 e. The number of aliphatic hydroxyl groups excluding tert-OH is 1. The molecule has 4 nitrogen and oxygen atoms in total. The van der Waals surface area contributed by atoms with Crippen molar-refractivity contribution in [2.45, 2.75) is 26.9 Å². The van der Waals surface area contributed by atoms with Gasteiger partial charge in [0.2, 0.25) is 0 Å². The summed E-state index contributed by atoms with van der Waals surface area (Å²) in [4.78, 5) is 10.9. The fraction of sp³-hybridized carbons (Fsp3) is 0.500. The van der Waals surface area contributed by atoms with Gasteiger partial charge in [-0.1, -0.05) is 26.0 Å². The lowest BCUT2D eigenvalue weighted by Gasteiger charge is -2.22. The molecule has 100 valence electrons. The van der Waals surface area contributed by atoms with Crippen LogP contribution in [0.2, 0.25) is 0 Å². The maximum Gasteiger partial charge on any atom is 0.306 e. The number of ether oxygens (including phenoxy) is 1. The van der Waals surface area contributed by atoms with E-state index in [-0.39, 0.29) is 5.92 Å². The van der Waals surface area contributed by atoms with E-state index in [0.29, 0.717) is 12.2 Å². The van der Waals surface area contributed by atoms with Crippen LogP contribution in [0.4, 0.5) is 0 Å². The molecule has 0 spiro atoms. The number of benzene rings is 1. The Morgan fingerprint density at radius 2 is 1.83 bits per heavy atom. The fourth-order valence-electron chi connectivity index (χ4n) is 1.73. The predicted molar refractivity (Wildman–Crippen MR) is 68.5 cm³/mol. The van der Waals surface area contributed by atoms with Crippen LogP contribution in [-0.2, 0) is 4.79 Å². The number of carbonyl (C=O) groups is 1. The van der Waals surface area contributed by atoms with Gasteiger partial charge >= 0.3 is 5.97 Å². The summed E-state index contributed by atoms with van der Waals surface area (Å²) in [7, 11) is 0. The van der Waals surface area contributed by atoms with Crippen LogP contribution in [0.15, 0.2) is 24.3 Å². The third kappa shape index (κ3) is 3.47. The molecule has 1 aromatic carbocycles. The number of hydrogen-bond donors (Lipinski definition) is 2. The number of carboxylic acid groups (broad SMARTS) is 1. The molecule has 1 rings (SSSR count). The van der Waals surface area contributed by atoms with Gasteiger partial charge < -0.3 is 14.9 Å². The molecule has 3 atom stereocenters. The molecule has 0 radical (unpaired) electrons. The number of aliphatic carboxylic acids is 1. The van der Waals surface area contributed by atoms with Crippen LogP contribution < -0.4 is 4.74 Å². The van der Waals surface area contributed by atoms with Crippen LogP contribution in [0.5, 0.6) is 5.75 Å². The van der Waals surface area contributed by atoms with E-state index in [2.05, 4.69) is 0 Å². The zero-order chi connectivity index (χ0) is 13.7. The maximum absolute atomic E-state index is 10.9. The largest absolute Gasteiger partial charge is 0.494 e. The SMILES string of the molecule is CCOc1ccc(C(O)C(C)C(C)C(=O)O)cc1. The van der Waals surface area contributed by atoms with E-state index in [0.717, 1.165) is 5.75 Å². The van der Waals surface area contributed by atoms with Crippen molar-refractivity contribution in [3.05, 3.63) is 29.8 Å². The van der Waals surface area contributed by atoms with Crippen molar-refractivity contribution >= 4 is 5.97 Å². The van der Waals surface area contributed by atoms with Gasteiger partial charge in [0.1, 0.15) is 5.75 Å². The van der Waals surface area contributed by atoms with E-state index >= 15 is 0 Å². The summed E-state index contributed by atoms with van der Waals surface area (Å²) < 4.78 is 5.31. The molecule has 0 saturated heterocycles. The van der Waals surface area contributed by atoms with Gasteiger partial charge in [-0.3, -0.25) is 4.79 Å². The second-order valence-corrected chi connectivity index (χ2v) is 4.43. The number of aliphatic hydroxyl groups is 1. The summed E-state index contributed by atoms with van der Waals surface area (Å²) in [5.41, 5.74) is 0.707. The molecule has 0 amide bonds. The van der Waals surface area contributed by atoms with Crippen LogP contribution >= 0.6 is 0 Å². The van der Waals surface area contributed by atoms with Crippen LogP contribution in [0.25, 0.3) is 0 Å². The van der Waals surface area contributed by atoms with E-state index in [1.165, 1.54) is 0 Å². The smallest absolute Gasteiger partial charge is 0.306 e. The Morgan fingerprint density at radius 1 is 1.28 bits per heavy atom. The van der Waals surface area contributed by atoms with Crippen molar-refractivity contribution in [3.8, 4) is 5.75 Å². The fourth-order valence-corrected chi connectivity index (χ4v) is 1.73. The maximum atomic E-state index is 10.9. The minimum atomic E-state index is -0.896. The lowest BCUT2D eigenvalue weighted by atomic mass is 9.87. The molecule has 0 bridgehead atoms. The molecule has 0 aliphatic rings. The molecule has 0 fully saturated rings. The molecule has 4 heteroatoms. The standard InChI is InChI=1S/C14H20O4/c1-4-18-12-7-5-11(6-8-12)13(15)9(2)10(3)14(16)17/h5-10,13,15H,4H2,1-3H3,(H,16,17). The first-order valence-corrected chi connectivity index (χ1v) is 6.11. The first-order valence-electron chi connectivity index (χ1n) is 6.11. The van der Waals surface area contributed by atoms with Crippen molar-refractivity contribution in [1.82, 2.24) is 0 Å². The monoisotopic (exact) mass is 252 g/mol. The molecule has 0 saturated carbocycles. The van der Waals surface area contributed by atoms with Gasteiger partial charge in [-0.25, -0.2) is 0 Å². The lowest BCUT2D eigenvalue weighted by molar-refractivity contribution is -0.144. The first kappa shape index (κ1) is 14.5. The molecule has 0 aliphatic carbocycles. The summed E-state index contributed by atoms with van der Waals surface area (Å²) >= 11 is 0. The van der Waals surface area contributed by atoms with E-state index in [9.17, 15) is 9.90 Å². The van der Waals surface area contributed by atoms with E-state index in [1.54, 1.807) is 38.1 Å². The Labute approximate surface area is 107 Å². The molecule has 0 aliphatic heterocycles. The summed E-state index contributed by atoms with van der Waals surface area (Å²) in [6, 6.07) is 7.09. The summed E-state index contributed by atoms with van der Waals surface area (Å²) in [6.45, 7) is 5.83. The van der Waals surface area contributed by atoms with Gasteiger partial charge in [0.05, 0.1) is 18.6 Å². The van der Waals surface area contributed by atoms with Crippen LogP contribution in [0, 0.1) is 11.8 Å². The van der Waals surface area contributed by atoms with Crippen molar-refractivity contribution in [3.63, 3.8) is 0 Å². The van der Waals surface area contributed by atoms with Crippen LogP contribution in [-0.4, -0.2) is 22.8 Å². The minimum absolute atomic E-state index is 0.347. The highest BCUT2D eigenvalue weighted by molar-refractivity contribution is 5.69. The molecule has 0 heterocycles. The quantitative estimate of drug-likeness (QED) is 0.816. The number of carboxylic acids is 1. The Morgan fingerprint density at radius 3 is 2.28 bits per heavy atom. The van der Waals surface area contributed by atoms with Gasteiger partial charge in [-0.05, 0) is 30.5 Å². The Hall–Kier alpha value is -1.55. The zero-order valence-corrected chi connectivity index (χ0v) is 11.0. The van der Waals surface area contributed by atoms with Crippen LogP contribution in [0.3, 0.4) is 0 Å². The normalized spacial score (nSPS) is 15.8. The average Bonchev–Trinajstić information content (AvgIpc) is 2.37. The Bertz CT molecular complexity index is 385. The van der Waals surface area contributed by atoms with E-state index < -0.39 is 18.0 Å². The highest BCUT2D eigenvalue weighted by Crippen LogP contribution is 2.29. The van der Waals surface area contributed by atoms with Crippen LogP contribution in [0.1, 0.15) is 32.4 Å². The topological polar surface area (TPSA) is 66.8 Å². The lowest BCUT2D eigenvalue weighted by Crippen LogP contribution is -2.23. The third-order valence-electron chi connectivity index (χ3n) is 3.21. The first-order chi connectivity index (χ1) is 8.47. The Kier molecular flexibility index (Phi) is 5.16. The second kappa shape index (κ2) is 6.40. The second-order valence-electron chi connectivity index (χ2n) is 4.43. The highest BCUT2D eigenvalue weighted by atomic mass is 16.5. The van der Waals surface area contributed by atoms with Crippen molar-refractivity contribution in [1.29, 1.82) is 0 Å². The molecule has 18 heavy (non-hydrogen) atoms. The van der Waals surface area contributed by atoms with Gasteiger partial charge in [0.25, 0.3) is 0 Å². The molecular formula is C14H20O4. The van der Waals surface area contributed by atoms with E-state index in [4.69, 9.17) is 9.84 Å². The third-order valence-corrected chi connectivity index (χ3v) is 3.21.